The van der Waals surface area contributed by atoms with Gasteiger partial charge >= 0.3 is 0 Å². The highest BCUT2D eigenvalue weighted by Crippen LogP contribution is 2.27. The van der Waals surface area contributed by atoms with Gasteiger partial charge in [0.05, 0.1) is 11.9 Å². The number of amides is 2. The van der Waals surface area contributed by atoms with Gasteiger partial charge in [0.25, 0.3) is 0 Å². The number of anilines is 1. The zero-order valence-electron chi connectivity index (χ0n) is 23.3. The van der Waals surface area contributed by atoms with E-state index in [1.165, 1.54) is 23.1 Å². The second-order valence-corrected chi connectivity index (χ2v) is 13.6. The molecule has 40 heavy (non-hydrogen) atoms. The molecule has 0 aliphatic rings. The number of nitrogens with zero attached hydrogens (tertiary/aromatic N) is 2. The molecule has 1 N–H and O–H groups in total. The third-order valence-electron chi connectivity index (χ3n) is 6.06. The maximum absolute atomic E-state index is 14.1. The molecule has 0 aromatic heterocycles. The Morgan fingerprint density at radius 2 is 1.48 bits per heavy atom. The van der Waals surface area contributed by atoms with Crippen molar-refractivity contribution in [2.75, 3.05) is 17.1 Å². The fourth-order valence-electron chi connectivity index (χ4n) is 4.19. The van der Waals surface area contributed by atoms with E-state index in [4.69, 9.17) is 23.2 Å². The number of carbonyl (C=O) groups is 2. The topological polar surface area (TPSA) is 86.8 Å². The van der Waals surface area contributed by atoms with Crippen LogP contribution in [0.15, 0.2) is 72.8 Å². The fourth-order valence-corrected chi connectivity index (χ4v) is 5.54. The summed E-state index contributed by atoms with van der Waals surface area (Å²) in [4.78, 5) is 29.3. The van der Waals surface area contributed by atoms with E-state index in [1.807, 2.05) is 82.3 Å². The first-order valence-corrected chi connectivity index (χ1v) is 15.4. The van der Waals surface area contributed by atoms with Crippen LogP contribution < -0.4 is 9.62 Å². The van der Waals surface area contributed by atoms with Gasteiger partial charge in [-0.25, -0.2) is 8.42 Å². The molecule has 0 heterocycles. The molecule has 3 aromatic rings. The molecule has 0 saturated carbocycles. The molecule has 0 saturated heterocycles. The summed E-state index contributed by atoms with van der Waals surface area (Å²) < 4.78 is 26.7. The van der Waals surface area contributed by atoms with E-state index in [1.54, 1.807) is 0 Å². The zero-order valence-corrected chi connectivity index (χ0v) is 25.6. The Labute approximate surface area is 247 Å². The minimum Gasteiger partial charge on any atom is -0.350 e. The molecule has 0 spiro atoms. The smallest absolute Gasteiger partial charge is 0.244 e. The predicted octanol–water partition coefficient (Wildman–Crippen LogP) is 5.62. The lowest BCUT2D eigenvalue weighted by Gasteiger charge is -2.35. The Bertz CT molecular complexity index is 1420. The number of sulfonamides is 1. The first kappa shape index (κ1) is 31.5. The quantitative estimate of drug-likeness (QED) is 0.326. The number of hydrogen-bond acceptors (Lipinski definition) is 4. The van der Waals surface area contributed by atoms with Crippen LogP contribution in [0, 0.1) is 6.92 Å². The molecule has 0 bridgehead atoms. The van der Waals surface area contributed by atoms with Gasteiger partial charge in [0, 0.05) is 28.5 Å². The maximum atomic E-state index is 14.1. The molecule has 0 aliphatic carbocycles. The lowest BCUT2D eigenvalue weighted by molar-refractivity contribution is -0.140. The lowest BCUT2D eigenvalue weighted by Crippen LogP contribution is -2.56. The second-order valence-electron chi connectivity index (χ2n) is 10.8. The third kappa shape index (κ3) is 9.25. The van der Waals surface area contributed by atoms with E-state index >= 15 is 0 Å². The molecule has 2 amide bonds. The number of halogens is 2. The summed E-state index contributed by atoms with van der Waals surface area (Å²) in [5, 5.41) is 3.46. The highest BCUT2D eigenvalue weighted by molar-refractivity contribution is 7.92. The number of rotatable bonds is 10. The molecule has 10 heteroatoms. The van der Waals surface area contributed by atoms with Crippen molar-refractivity contribution < 1.29 is 18.0 Å². The molecular weight excluding hydrogens is 569 g/mol. The predicted molar refractivity (Wildman–Crippen MR) is 162 cm³/mol. The second kappa shape index (κ2) is 13.1. The molecule has 0 fully saturated rings. The summed E-state index contributed by atoms with van der Waals surface area (Å²) in [5.41, 5.74) is 2.31. The van der Waals surface area contributed by atoms with Gasteiger partial charge in [0.2, 0.25) is 21.8 Å². The van der Waals surface area contributed by atoms with Gasteiger partial charge in [-0.05, 0) is 57.0 Å². The van der Waals surface area contributed by atoms with E-state index < -0.39 is 34.1 Å². The van der Waals surface area contributed by atoms with E-state index in [-0.39, 0.29) is 34.6 Å². The number of aryl methyl sites for hydroxylation is 1. The highest BCUT2D eigenvalue weighted by atomic mass is 35.5. The van der Waals surface area contributed by atoms with Gasteiger partial charge in [-0.2, -0.15) is 0 Å². The summed E-state index contributed by atoms with van der Waals surface area (Å²) in [6.45, 7) is 7.11. The Kier molecular flexibility index (Phi) is 10.3. The van der Waals surface area contributed by atoms with Crippen molar-refractivity contribution in [3.63, 3.8) is 0 Å². The molecule has 3 aromatic carbocycles. The average molecular weight is 605 g/mol. The zero-order chi connectivity index (χ0) is 29.7. The Morgan fingerprint density at radius 1 is 0.900 bits per heavy atom. The van der Waals surface area contributed by atoms with Crippen molar-refractivity contribution in [2.45, 2.75) is 52.2 Å². The van der Waals surface area contributed by atoms with Crippen LogP contribution >= 0.6 is 23.2 Å². The van der Waals surface area contributed by atoms with Crippen LogP contribution in [0.3, 0.4) is 0 Å². The van der Waals surface area contributed by atoms with Crippen LogP contribution in [0.4, 0.5) is 5.69 Å². The first-order valence-electron chi connectivity index (χ1n) is 12.8. The summed E-state index contributed by atoms with van der Waals surface area (Å²) in [7, 11) is -3.92. The van der Waals surface area contributed by atoms with Gasteiger partial charge in [-0.1, -0.05) is 83.4 Å². The SMILES string of the molecule is Cc1ccc(CN(C(=O)CN(c2cc(Cl)cc(Cl)c2)S(C)(=O)=O)C(Cc2ccccc2)C(=O)NC(C)(C)C)cc1. The van der Waals surface area contributed by atoms with Gasteiger partial charge < -0.3 is 10.2 Å². The van der Waals surface area contributed by atoms with Crippen LogP contribution in [0.5, 0.6) is 0 Å². The normalized spacial score (nSPS) is 12.5. The van der Waals surface area contributed by atoms with Crippen molar-refractivity contribution in [1.29, 1.82) is 0 Å². The van der Waals surface area contributed by atoms with Crippen LogP contribution in [0.2, 0.25) is 10.0 Å². The largest absolute Gasteiger partial charge is 0.350 e. The maximum Gasteiger partial charge on any atom is 0.244 e. The summed E-state index contributed by atoms with van der Waals surface area (Å²) in [6, 6.07) is 20.5. The molecular formula is C30H35Cl2N3O4S. The van der Waals surface area contributed by atoms with Crippen molar-refractivity contribution in [3.8, 4) is 0 Å². The minimum atomic E-state index is -3.92. The van der Waals surface area contributed by atoms with E-state index in [0.717, 1.165) is 27.3 Å². The highest BCUT2D eigenvalue weighted by Gasteiger charge is 2.34. The van der Waals surface area contributed by atoms with Crippen LogP contribution in [0.1, 0.15) is 37.5 Å². The third-order valence-corrected chi connectivity index (χ3v) is 7.63. The first-order chi connectivity index (χ1) is 18.6. The van der Waals surface area contributed by atoms with Crippen LogP contribution in [0.25, 0.3) is 0 Å². The van der Waals surface area contributed by atoms with Crippen molar-refractivity contribution in [1.82, 2.24) is 10.2 Å². The number of hydrogen-bond donors (Lipinski definition) is 1. The fraction of sp³-hybridized carbons (Fsp3) is 0.333. The molecule has 1 atom stereocenters. The molecule has 0 radical (unpaired) electrons. The number of carbonyl (C=O) groups excluding carboxylic acids is 2. The number of benzene rings is 3. The molecule has 7 nitrogen and oxygen atoms in total. The van der Waals surface area contributed by atoms with Crippen molar-refractivity contribution in [2.24, 2.45) is 0 Å². The van der Waals surface area contributed by atoms with Crippen molar-refractivity contribution in [3.05, 3.63) is 99.5 Å². The lowest BCUT2D eigenvalue weighted by atomic mass is 10.0. The molecule has 0 aliphatic heterocycles. The van der Waals surface area contributed by atoms with Crippen LogP contribution in [-0.2, 0) is 32.6 Å². The number of nitrogens with one attached hydrogen (secondary N) is 1. The van der Waals surface area contributed by atoms with E-state index in [0.29, 0.717) is 0 Å². The summed E-state index contributed by atoms with van der Waals surface area (Å²) in [6.07, 6.45) is 1.25. The average Bonchev–Trinajstić information content (AvgIpc) is 2.84. The van der Waals surface area contributed by atoms with Gasteiger partial charge in [0.15, 0.2) is 0 Å². The van der Waals surface area contributed by atoms with Gasteiger partial charge in [-0.3, -0.25) is 13.9 Å². The van der Waals surface area contributed by atoms with E-state index in [2.05, 4.69) is 5.32 Å². The molecule has 1 unspecified atom stereocenters. The van der Waals surface area contributed by atoms with E-state index in [9.17, 15) is 18.0 Å². The Hall–Kier alpha value is -3.07. The Morgan fingerprint density at radius 3 is 2.00 bits per heavy atom. The Balaban J connectivity index is 2.08. The van der Waals surface area contributed by atoms with Gasteiger partial charge in [0.1, 0.15) is 12.6 Å². The minimum absolute atomic E-state index is 0.0993. The molecule has 3 rings (SSSR count). The summed E-state index contributed by atoms with van der Waals surface area (Å²) in [5.74, 6) is -0.888. The molecule has 214 valence electrons. The monoisotopic (exact) mass is 603 g/mol. The van der Waals surface area contributed by atoms with Crippen molar-refractivity contribution >= 4 is 50.7 Å². The standard InChI is InChI=1S/C30H35Cl2N3O4S/c1-21-11-13-23(14-12-21)19-34(27(29(37)33-30(2,3)4)15-22-9-7-6-8-10-22)28(36)20-35(40(5,38)39)26-17-24(31)16-25(32)18-26/h6-14,16-18,27H,15,19-20H2,1-5H3,(H,33,37). The summed E-state index contributed by atoms with van der Waals surface area (Å²) >= 11 is 12.3. The van der Waals surface area contributed by atoms with Gasteiger partial charge in [-0.15, -0.1) is 0 Å². The van der Waals surface area contributed by atoms with Crippen LogP contribution in [-0.4, -0.2) is 49.5 Å².